The lowest BCUT2D eigenvalue weighted by atomic mass is 9.87. The monoisotopic (exact) mass is 189 g/mol. The lowest BCUT2D eigenvalue weighted by Crippen LogP contribution is -2.33. The Morgan fingerprint density at radius 3 is 2.75 bits per heavy atom. The van der Waals surface area contributed by atoms with Crippen LogP contribution >= 0.6 is 11.8 Å². The molecule has 0 saturated heterocycles. The minimum atomic E-state index is -0.892. The van der Waals surface area contributed by atoms with Gasteiger partial charge in [-0.25, -0.2) is 0 Å². The Labute approximate surface area is 76.7 Å². The molecule has 1 atom stereocenters. The SMILES string of the molecule is N[C@@H](CSCC1CCC1)C(=O)O. The predicted molar refractivity (Wildman–Crippen MR) is 50.3 cm³/mol. The average Bonchev–Trinajstić information content (AvgIpc) is 1.93. The zero-order valence-electron chi connectivity index (χ0n) is 7.03. The third-order valence-corrected chi connectivity index (χ3v) is 3.49. The number of carboxylic acids is 1. The van der Waals surface area contributed by atoms with Gasteiger partial charge in [0.2, 0.25) is 0 Å². The lowest BCUT2D eigenvalue weighted by Gasteiger charge is -2.24. The highest BCUT2D eigenvalue weighted by Crippen LogP contribution is 2.29. The molecule has 0 radical (unpaired) electrons. The highest BCUT2D eigenvalue weighted by Gasteiger charge is 2.18. The molecule has 0 unspecified atom stereocenters. The van der Waals surface area contributed by atoms with Crippen LogP contribution in [-0.4, -0.2) is 28.6 Å². The number of thioether (sulfide) groups is 1. The Hall–Kier alpha value is -0.220. The fourth-order valence-electron chi connectivity index (χ4n) is 1.09. The number of aliphatic carboxylic acids is 1. The van der Waals surface area contributed by atoms with E-state index in [0.717, 1.165) is 11.7 Å². The molecule has 0 heterocycles. The van der Waals surface area contributed by atoms with E-state index in [-0.39, 0.29) is 0 Å². The second kappa shape index (κ2) is 4.72. The van der Waals surface area contributed by atoms with Gasteiger partial charge in [0.05, 0.1) is 0 Å². The Morgan fingerprint density at radius 2 is 2.33 bits per heavy atom. The molecule has 0 aromatic heterocycles. The molecule has 0 bridgehead atoms. The topological polar surface area (TPSA) is 63.3 Å². The van der Waals surface area contributed by atoms with Gasteiger partial charge in [0.1, 0.15) is 6.04 Å². The standard InChI is InChI=1S/C8H15NO2S/c9-7(8(10)11)5-12-4-6-2-1-3-6/h6-7H,1-5,9H2,(H,10,11)/t7-/m0/s1. The molecule has 1 aliphatic carbocycles. The van der Waals surface area contributed by atoms with Gasteiger partial charge in [-0.1, -0.05) is 6.42 Å². The van der Waals surface area contributed by atoms with E-state index in [0.29, 0.717) is 5.75 Å². The number of hydrogen-bond acceptors (Lipinski definition) is 3. The minimum absolute atomic E-state index is 0.547. The van der Waals surface area contributed by atoms with Gasteiger partial charge >= 0.3 is 5.97 Å². The molecule has 70 valence electrons. The zero-order valence-corrected chi connectivity index (χ0v) is 7.85. The van der Waals surface area contributed by atoms with Gasteiger partial charge in [-0.3, -0.25) is 4.79 Å². The molecule has 1 fully saturated rings. The van der Waals surface area contributed by atoms with E-state index < -0.39 is 12.0 Å². The predicted octanol–water partition coefficient (Wildman–Crippen LogP) is 0.932. The fraction of sp³-hybridized carbons (Fsp3) is 0.875. The molecular formula is C8H15NO2S. The van der Waals surface area contributed by atoms with Crippen molar-refractivity contribution < 1.29 is 9.90 Å². The van der Waals surface area contributed by atoms with Gasteiger partial charge in [0.25, 0.3) is 0 Å². The molecule has 4 heteroatoms. The van der Waals surface area contributed by atoms with E-state index in [1.54, 1.807) is 11.8 Å². The molecule has 3 nitrogen and oxygen atoms in total. The number of nitrogens with two attached hydrogens (primary N) is 1. The van der Waals surface area contributed by atoms with E-state index in [1.807, 2.05) is 0 Å². The number of hydrogen-bond donors (Lipinski definition) is 2. The number of carbonyl (C=O) groups is 1. The summed E-state index contributed by atoms with van der Waals surface area (Å²) in [7, 11) is 0. The second-order valence-corrected chi connectivity index (χ2v) is 4.35. The van der Waals surface area contributed by atoms with Gasteiger partial charge in [0.15, 0.2) is 0 Å². The van der Waals surface area contributed by atoms with Crippen LogP contribution in [0.5, 0.6) is 0 Å². The molecular weight excluding hydrogens is 174 g/mol. The van der Waals surface area contributed by atoms with E-state index in [9.17, 15) is 4.79 Å². The lowest BCUT2D eigenvalue weighted by molar-refractivity contribution is -0.137. The summed E-state index contributed by atoms with van der Waals surface area (Å²) in [6, 6.07) is -0.685. The summed E-state index contributed by atoms with van der Waals surface area (Å²) in [5.74, 6) is 1.57. The molecule has 0 aromatic carbocycles. The van der Waals surface area contributed by atoms with Crippen LogP contribution < -0.4 is 5.73 Å². The average molecular weight is 189 g/mol. The molecule has 0 aromatic rings. The first-order valence-corrected chi connectivity index (χ1v) is 5.41. The first kappa shape index (κ1) is 9.86. The largest absolute Gasteiger partial charge is 0.480 e. The smallest absolute Gasteiger partial charge is 0.321 e. The molecule has 0 aliphatic heterocycles. The highest BCUT2D eigenvalue weighted by molar-refractivity contribution is 7.99. The highest BCUT2D eigenvalue weighted by atomic mass is 32.2. The molecule has 1 aliphatic rings. The van der Waals surface area contributed by atoms with Crippen molar-refractivity contribution in [3.05, 3.63) is 0 Å². The Balaban J connectivity index is 1.97. The van der Waals surface area contributed by atoms with Gasteiger partial charge in [-0.05, 0) is 24.5 Å². The van der Waals surface area contributed by atoms with E-state index in [4.69, 9.17) is 10.8 Å². The molecule has 0 amide bonds. The molecule has 3 N–H and O–H groups in total. The van der Waals surface area contributed by atoms with Crippen molar-refractivity contribution >= 4 is 17.7 Å². The van der Waals surface area contributed by atoms with Crippen LogP contribution in [0.25, 0.3) is 0 Å². The number of rotatable bonds is 5. The summed E-state index contributed by atoms with van der Waals surface area (Å²) in [6.07, 6.45) is 3.97. The van der Waals surface area contributed by atoms with Crippen LogP contribution in [0, 0.1) is 5.92 Å². The van der Waals surface area contributed by atoms with E-state index >= 15 is 0 Å². The number of carboxylic acid groups (broad SMARTS) is 1. The quantitative estimate of drug-likeness (QED) is 0.675. The first-order chi connectivity index (χ1) is 5.70. The Bertz CT molecular complexity index is 159. The molecule has 1 saturated carbocycles. The van der Waals surface area contributed by atoms with Gasteiger partial charge in [-0.2, -0.15) is 11.8 Å². The van der Waals surface area contributed by atoms with Gasteiger partial charge in [-0.15, -0.1) is 0 Å². The van der Waals surface area contributed by atoms with Crippen molar-refractivity contribution in [3.63, 3.8) is 0 Å². The Kier molecular flexibility index (Phi) is 3.88. The molecule has 1 rings (SSSR count). The van der Waals surface area contributed by atoms with E-state index in [1.165, 1.54) is 19.3 Å². The van der Waals surface area contributed by atoms with Crippen molar-refractivity contribution in [3.8, 4) is 0 Å². The third-order valence-electron chi connectivity index (χ3n) is 2.19. The maximum absolute atomic E-state index is 10.3. The van der Waals surface area contributed by atoms with Crippen molar-refractivity contribution in [2.45, 2.75) is 25.3 Å². The minimum Gasteiger partial charge on any atom is -0.480 e. The van der Waals surface area contributed by atoms with Crippen molar-refractivity contribution in [2.24, 2.45) is 11.7 Å². The summed E-state index contributed by atoms with van der Waals surface area (Å²) in [4.78, 5) is 10.3. The normalized spacial score (nSPS) is 20.1. The molecule has 12 heavy (non-hydrogen) atoms. The van der Waals surface area contributed by atoms with Crippen LogP contribution in [0.2, 0.25) is 0 Å². The summed E-state index contributed by atoms with van der Waals surface area (Å²) in [5, 5.41) is 8.48. The summed E-state index contributed by atoms with van der Waals surface area (Å²) >= 11 is 1.67. The summed E-state index contributed by atoms with van der Waals surface area (Å²) in [5.41, 5.74) is 5.34. The zero-order chi connectivity index (χ0) is 8.97. The van der Waals surface area contributed by atoms with Crippen molar-refractivity contribution in [2.75, 3.05) is 11.5 Å². The maximum atomic E-state index is 10.3. The van der Waals surface area contributed by atoms with Crippen LogP contribution in [0.4, 0.5) is 0 Å². The van der Waals surface area contributed by atoms with E-state index in [2.05, 4.69) is 0 Å². The fourth-order valence-corrected chi connectivity index (χ4v) is 2.29. The molecule has 0 spiro atoms. The van der Waals surface area contributed by atoms with Gasteiger partial charge in [0, 0.05) is 5.75 Å². The second-order valence-electron chi connectivity index (χ2n) is 3.28. The summed E-state index contributed by atoms with van der Waals surface area (Å²) < 4.78 is 0. The third kappa shape index (κ3) is 3.03. The van der Waals surface area contributed by atoms with Crippen molar-refractivity contribution in [1.29, 1.82) is 0 Å². The maximum Gasteiger partial charge on any atom is 0.321 e. The Morgan fingerprint density at radius 1 is 1.67 bits per heavy atom. The van der Waals surface area contributed by atoms with Crippen LogP contribution in [0.15, 0.2) is 0 Å². The van der Waals surface area contributed by atoms with Crippen LogP contribution in [-0.2, 0) is 4.79 Å². The first-order valence-electron chi connectivity index (χ1n) is 4.26. The van der Waals surface area contributed by atoms with Crippen molar-refractivity contribution in [1.82, 2.24) is 0 Å². The summed E-state index contributed by atoms with van der Waals surface area (Å²) in [6.45, 7) is 0. The van der Waals surface area contributed by atoms with Gasteiger partial charge < -0.3 is 10.8 Å². The van der Waals surface area contributed by atoms with Crippen LogP contribution in [0.1, 0.15) is 19.3 Å². The van der Waals surface area contributed by atoms with Crippen LogP contribution in [0.3, 0.4) is 0 Å².